The fourth-order valence-corrected chi connectivity index (χ4v) is 3.92. The first-order valence-corrected chi connectivity index (χ1v) is 9.19. The summed E-state index contributed by atoms with van der Waals surface area (Å²) in [7, 11) is 0. The van der Waals surface area contributed by atoms with E-state index in [2.05, 4.69) is 4.98 Å². The molecule has 0 spiro atoms. The predicted molar refractivity (Wildman–Crippen MR) is 113 cm³/mol. The van der Waals surface area contributed by atoms with Crippen molar-refractivity contribution < 1.29 is 9.53 Å². The van der Waals surface area contributed by atoms with E-state index in [1.165, 1.54) is 0 Å². The summed E-state index contributed by atoms with van der Waals surface area (Å²) in [5.74, 6) is 0.504. The molecule has 0 radical (unpaired) electrons. The van der Waals surface area contributed by atoms with Crippen LogP contribution >= 0.6 is 12.4 Å². The van der Waals surface area contributed by atoms with Crippen LogP contribution in [0.25, 0.3) is 10.8 Å². The quantitative estimate of drug-likeness (QED) is 0.656. The van der Waals surface area contributed by atoms with Crippen LogP contribution in [0, 0.1) is 6.92 Å². The standard InChI is InChI=1S/C22H22N2O3.ClH/c1-12-11-24-22(26)17-6-3-5-16(19(12)17)20(25)18-9-8-14(13(2)23)15-7-4-10-27-21(15)18;/h3,5-6,8-9,11,13H,4,7,10,23H2,1-2H3,(H,24,26);1H/t13-;/m1./s1. The minimum Gasteiger partial charge on any atom is -0.493 e. The number of pyridine rings is 1. The lowest BCUT2D eigenvalue weighted by molar-refractivity contribution is 0.103. The summed E-state index contributed by atoms with van der Waals surface area (Å²) in [6, 6.07) is 8.86. The van der Waals surface area contributed by atoms with Gasteiger partial charge in [0.1, 0.15) is 5.75 Å². The molecule has 0 unspecified atom stereocenters. The third-order valence-corrected chi connectivity index (χ3v) is 5.22. The smallest absolute Gasteiger partial charge is 0.255 e. The molecule has 1 aromatic heterocycles. The van der Waals surface area contributed by atoms with E-state index in [4.69, 9.17) is 10.5 Å². The average molecular weight is 399 g/mol. The molecule has 0 bridgehead atoms. The number of benzene rings is 2. The Morgan fingerprint density at radius 3 is 2.75 bits per heavy atom. The minimum atomic E-state index is -0.198. The average Bonchev–Trinajstić information content (AvgIpc) is 2.69. The Hall–Kier alpha value is -2.63. The number of nitrogens with two attached hydrogens (primary N) is 1. The van der Waals surface area contributed by atoms with Crippen molar-refractivity contribution >= 4 is 29.0 Å². The van der Waals surface area contributed by atoms with Crippen LogP contribution in [0.3, 0.4) is 0 Å². The van der Waals surface area contributed by atoms with E-state index in [0.717, 1.165) is 29.5 Å². The van der Waals surface area contributed by atoms with E-state index in [0.29, 0.717) is 34.3 Å². The molecule has 0 saturated carbocycles. The number of aromatic nitrogens is 1. The van der Waals surface area contributed by atoms with Crippen molar-refractivity contribution in [2.45, 2.75) is 32.7 Å². The number of aromatic amines is 1. The van der Waals surface area contributed by atoms with Crippen molar-refractivity contribution in [2.24, 2.45) is 5.73 Å². The summed E-state index contributed by atoms with van der Waals surface area (Å²) < 4.78 is 5.91. The summed E-state index contributed by atoms with van der Waals surface area (Å²) in [5.41, 5.74) is 9.85. The molecule has 2 heterocycles. The van der Waals surface area contributed by atoms with Crippen LogP contribution < -0.4 is 16.0 Å². The lowest BCUT2D eigenvalue weighted by Crippen LogP contribution is -2.18. The van der Waals surface area contributed by atoms with E-state index >= 15 is 0 Å². The second kappa shape index (κ2) is 7.78. The van der Waals surface area contributed by atoms with Crippen LogP contribution in [0.2, 0.25) is 0 Å². The predicted octanol–water partition coefficient (Wildman–Crippen LogP) is 3.83. The highest BCUT2D eigenvalue weighted by Gasteiger charge is 2.25. The first kappa shape index (κ1) is 20.1. The number of halogens is 1. The van der Waals surface area contributed by atoms with Crippen LogP contribution in [0.5, 0.6) is 5.75 Å². The molecule has 0 fully saturated rings. The molecule has 1 atom stereocenters. The maximum atomic E-state index is 13.5. The number of rotatable bonds is 3. The summed E-state index contributed by atoms with van der Waals surface area (Å²) in [5, 5.41) is 1.20. The monoisotopic (exact) mass is 398 g/mol. The fraction of sp³-hybridized carbons (Fsp3) is 0.273. The third-order valence-electron chi connectivity index (χ3n) is 5.22. The van der Waals surface area contributed by atoms with E-state index < -0.39 is 0 Å². The largest absolute Gasteiger partial charge is 0.493 e. The zero-order valence-electron chi connectivity index (χ0n) is 15.9. The summed E-state index contributed by atoms with van der Waals surface area (Å²) in [6.07, 6.45) is 3.40. The number of H-pyrrole nitrogens is 1. The van der Waals surface area contributed by atoms with Crippen LogP contribution in [0.1, 0.15) is 52.0 Å². The molecule has 1 aliphatic heterocycles. The minimum absolute atomic E-state index is 0. The van der Waals surface area contributed by atoms with Crippen molar-refractivity contribution in [3.05, 3.63) is 74.7 Å². The third kappa shape index (κ3) is 3.21. The van der Waals surface area contributed by atoms with Crippen LogP contribution in [-0.4, -0.2) is 17.4 Å². The summed E-state index contributed by atoms with van der Waals surface area (Å²) in [6.45, 7) is 4.41. The van der Waals surface area contributed by atoms with Gasteiger partial charge in [0, 0.05) is 28.6 Å². The lowest BCUT2D eigenvalue weighted by atomic mass is 9.89. The van der Waals surface area contributed by atoms with Crippen molar-refractivity contribution in [3.8, 4) is 5.75 Å². The molecule has 28 heavy (non-hydrogen) atoms. The highest BCUT2D eigenvalue weighted by Crippen LogP contribution is 2.36. The van der Waals surface area contributed by atoms with Crippen LogP contribution in [0.15, 0.2) is 41.3 Å². The Bertz CT molecular complexity index is 1120. The first-order chi connectivity index (χ1) is 13.0. The molecule has 146 valence electrons. The molecule has 5 nitrogen and oxygen atoms in total. The molecule has 4 rings (SSSR count). The number of ketones is 1. The number of carbonyl (C=O) groups excluding carboxylic acids is 1. The molecule has 3 N–H and O–H groups in total. The van der Waals surface area contributed by atoms with Gasteiger partial charge < -0.3 is 15.5 Å². The van der Waals surface area contributed by atoms with Crippen molar-refractivity contribution in [1.82, 2.24) is 4.98 Å². The molecule has 6 heteroatoms. The van der Waals surface area contributed by atoms with E-state index in [9.17, 15) is 9.59 Å². The second-order valence-corrected chi connectivity index (χ2v) is 7.11. The Morgan fingerprint density at radius 2 is 2.00 bits per heavy atom. The molecule has 2 aromatic carbocycles. The highest BCUT2D eigenvalue weighted by atomic mass is 35.5. The van der Waals surface area contributed by atoms with E-state index in [-0.39, 0.29) is 29.8 Å². The molecule has 0 saturated heterocycles. The van der Waals surface area contributed by atoms with Gasteiger partial charge in [-0.3, -0.25) is 9.59 Å². The lowest BCUT2D eigenvalue weighted by Gasteiger charge is -2.24. The summed E-state index contributed by atoms with van der Waals surface area (Å²) in [4.78, 5) is 28.4. The van der Waals surface area contributed by atoms with Crippen molar-refractivity contribution in [3.63, 3.8) is 0 Å². The Kier molecular flexibility index (Phi) is 5.59. The number of carbonyl (C=O) groups is 1. The van der Waals surface area contributed by atoms with Gasteiger partial charge in [0.15, 0.2) is 5.78 Å². The van der Waals surface area contributed by atoms with Gasteiger partial charge in [-0.1, -0.05) is 18.2 Å². The molecule has 0 amide bonds. The Morgan fingerprint density at radius 1 is 1.21 bits per heavy atom. The fourth-order valence-electron chi connectivity index (χ4n) is 3.92. The zero-order valence-corrected chi connectivity index (χ0v) is 16.7. The van der Waals surface area contributed by atoms with Gasteiger partial charge in [-0.25, -0.2) is 0 Å². The molecular weight excluding hydrogens is 376 g/mol. The van der Waals surface area contributed by atoms with Crippen molar-refractivity contribution in [1.29, 1.82) is 0 Å². The van der Waals surface area contributed by atoms with Crippen LogP contribution in [0.4, 0.5) is 0 Å². The van der Waals surface area contributed by atoms with Gasteiger partial charge in [-0.2, -0.15) is 0 Å². The highest BCUT2D eigenvalue weighted by molar-refractivity contribution is 6.18. The van der Waals surface area contributed by atoms with Gasteiger partial charge in [0.05, 0.1) is 12.2 Å². The van der Waals surface area contributed by atoms with Crippen LogP contribution in [-0.2, 0) is 6.42 Å². The van der Waals surface area contributed by atoms with Gasteiger partial charge in [0.2, 0.25) is 0 Å². The normalized spacial score (nSPS) is 14.0. The zero-order chi connectivity index (χ0) is 19.1. The van der Waals surface area contributed by atoms with Gasteiger partial charge >= 0.3 is 0 Å². The number of hydrogen-bond donors (Lipinski definition) is 2. The van der Waals surface area contributed by atoms with E-state index in [1.807, 2.05) is 19.9 Å². The SMILES string of the molecule is Cc1c[nH]c(=O)c2cccc(C(=O)c3ccc([C@@H](C)N)c4c3OCCC4)c12.Cl. The topological polar surface area (TPSA) is 85.2 Å². The molecule has 1 aliphatic rings. The number of ether oxygens (including phenoxy) is 1. The molecule has 3 aromatic rings. The first-order valence-electron chi connectivity index (χ1n) is 9.19. The van der Waals surface area contributed by atoms with Gasteiger partial charge in [-0.15, -0.1) is 12.4 Å². The number of aryl methyl sites for hydroxylation is 1. The van der Waals surface area contributed by atoms with Crippen molar-refractivity contribution in [2.75, 3.05) is 6.61 Å². The molecular formula is C22H23ClN2O3. The number of fused-ring (bicyclic) bond motifs is 2. The van der Waals surface area contributed by atoms with E-state index in [1.54, 1.807) is 30.5 Å². The Balaban J connectivity index is 0.00000225. The molecule has 0 aliphatic carbocycles. The maximum Gasteiger partial charge on any atom is 0.255 e. The van der Waals surface area contributed by atoms with Gasteiger partial charge in [0.25, 0.3) is 5.56 Å². The van der Waals surface area contributed by atoms with Gasteiger partial charge in [-0.05, 0) is 55.5 Å². The second-order valence-electron chi connectivity index (χ2n) is 7.11. The Labute approximate surface area is 169 Å². The summed E-state index contributed by atoms with van der Waals surface area (Å²) >= 11 is 0. The number of nitrogens with one attached hydrogen (secondary N) is 1. The maximum absolute atomic E-state index is 13.5. The number of hydrogen-bond acceptors (Lipinski definition) is 4.